The molecule has 0 saturated heterocycles. The number of halogens is 2. The van der Waals surface area contributed by atoms with Gasteiger partial charge in [0.2, 0.25) is 0 Å². The summed E-state index contributed by atoms with van der Waals surface area (Å²) < 4.78 is 27.1. The van der Waals surface area contributed by atoms with E-state index >= 15 is 0 Å². The largest absolute Gasteiger partial charge is 0.364 e. The van der Waals surface area contributed by atoms with Crippen LogP contribution < -0.4 is 0 Å². The van der Waals surface area contributed by atoms with E-state index in [1.165, 1.54) is 24.5 Å². The first-order chi connectivity index (χ1) is 13.1. The van der Waals surface area contributed by atoms with E-state index in [0.717, 1.165) is 17.2 Å². The number of nitrogens with zero attached hydrogens (tertiary/aromatic N) is 2. The first-order valence-electron chi connectivity index (χ1n) is 8.50. The lowest BCUT2D eigenvalue weighted by atomic mass is 9.61. The van der Waals surface area contributed by atoms with E-state index < -0.39 is 34.7 Å². The van der Waals surface area contributed by atoms with Gasteiger partial charge in [-0.2, -0.15) is 5.06 Å². The molecule has 1 aromatic heterocycles. The minimum Gasteiger partial charge on any atom is -0.332 e. The van der Waals surface area contributed by atoms with Crippen LogP contribution in [0.1, 0.15) is 29.8 Å². The van der Waals surface area contributed by atoms with E-state index in [2.05, 4.69) is 4.98 Å². The van der Waals surface area contributed by atoms with Crippen molar-refractivity contribution in [1.82, 2.24) is 10.0 Å². The zero-order valence-corrected chi connectivity index (χ0v) is 15.6. The van der Waals surface area contributed by atoms with E-state index in [1.807, 2.05) is 0 Å². The van der Waals surface area contributed by atoms with E-state index in [9.17, 15) is 18.4 Å². The van der Waals surface area contributed by atoms with Gasteiger partial charge in [-0.1, -0.05) is 26.0 Å². The quantitative estimate of drug-likeness (QED) is 0.570. The first-order valence-corrected chi connectivity index (χ1v) is 8.50. The van der Waals surface area contributed by atoms with Gasteiger partial charge in [-0.15, -0.1) is 0 Å². The van der Waals surface area contributed by atoms with Gasteiger partial charge in [0, 0.05) is 23.9 Å². The van der Waals surface area contributed by atoms with Crippen molar-refractivity contribution in [2.75, 3.05) is 0 Å². The molecule has 0 saturated carbocycles. The molecule has 0 spiro atoms. The van der Waals surface area contributed by atoms with Crippen molar-refractivity contribution in [3.63, 3.8) is 0 Å². The molecule has 2 aromatic rings. The van der Waals surface area contributed by atoms with Gasteiger partial charge >= 0.3 is 5.97 Å². The van der Waals surface area contributed by atoms with E-state index in [4.69, 9.17) is 20.5 Å². The maximum atomic E-state index is 13.5. The van der Waals surface area contributed by atoms with Crippen LogP contribution in [0, 0.1) is 17.0 Å². The average Bonchev–Trinajstić information content (AvgIpc) is 2.65. The third-order valence-electron chi connectivity index (χ3n) is 4.30. The van der Waals surface area contributed by atoms with Crippen molar-refractivity contribution < 1.29 is 23.2 Å². The lowest BCUT2D eigenvalue weighted by Gasteiger charge is -2.35. The van der Waals surface area contributed by atoms with Gasteiger partial charge in [0.15, 0.2) is 0 Å². The summed E-state index contributed by atoms with van der Waals surface area (Å²) in [7, 11) is 11.5. The molecule has 28 heavy (non-hydrogen) atoms. The molecule has 0 aliphatic heterocycles. The number of pyridine rings is 1. The van der Waals surface area contributed by atoms with Crippen LogP contribution in [0.15, 0.2) is 42.7 Å². The van der Waals surface area contributed by atoms with Crippen LogP contribution in [0.3, 0.4) is 0 Å². The van der Waals surface area contributed by atoms with Crippen molar-refractivity contribution >= 4 is 27.6 Å². The maximum absolute atomic E-state index is 13.5. The molecule has 5 nitrogen and oxygen atoms in total. The van der Waals surface area contributed by atoms with Gasteiger partial charge in [0.25, 0.3) is 5.91 Å². The molecule has 0 aliphatic carbocycles. The molecular formula is C19H18B2F2N2O3. The predicted molar refractivity (Wildman–Crippen MR) is 100 cm³/mol. The molecule has 9 heteroatoms. The molecule has 142 valence electrons. The van der Waals surface area contributed by atoms with Crippen molar-refractivity contribution in [3.8, 4) is 0 Å². The van der Waals surface area contributed by atoms with Gasteiger partial charge in [0.1, 0.15) is 11.6 Å². The number of hydroxylamine groups is 2. The molecule has 0 aliphatic rings. The fourth-order valence-electron chi connectivity index (χ4n) is 2.42. The van der Waals surface area contributed by atoms with Gasteiger partial charge in [0.05, 0.1) is 27.8 Å². The Hall–Kier alpha value is -2.70. The van der Waals surface area contributed by atoms with Crippen LogP contribution in [-0.4, -0.2) is 37.6 Å². The summed E-state index contributed by atoms with van der Waals surface area (Å²) in [5, 5.41) is 0.735. The topological polar surface area (TPSA) is 59.5 Å². The number of hydrogen-bond acceptors (Lipinski definition) is 4. The van der Waals surface area contributed by atoms with Crippen LogP contribution >= 0.6 is 0 Å². The van der Waals surface area contributed by atoms with Crippen LogP contribution in [0.5, 0.6) is 0 Å². The number of carbonyl (C=O) groups is 2. The Bertz CT molecular complexity index is 830. The van der Waals surface area contributed by atoms with E-state index in [1.54, 1.807) is 13.8 Å². The second-order valence-electron chi connectivity index (χ2n) is 6.80. The molecule has 1 atom stereocenters. The number of benzene rings is 1. The van der Waals surface area contributed by atoms with Gasteiger partial charge in [-0.3, -0.25) is 9.78 Å². The van der Waals surface area contributed by atoms with Crippen LogP contribution in [0.4, 0.5) is 8.78 Å². The standard InChI is InChI=1S/C19H18B2F2N2O3/c1-19(2,16(21)9-20)18(27)25(11-12-6-14(22)8-15(23)7-12)28-17(26)13-4-3-5-24-10-13/h3-8,10,16H,9,11H2,1-2H3. The number of carbonyl (C=O) groups excluding carboxylic acids is 2. The van der Waals surface area contributed by atoms with Crippen molar-refractivity contribution in [2.24, 2.45) is 5.41 Å². The fraction of sp³-hybridized carbons (Fsp3) is 0.316. The van der Waals surface area contributed by atoms with Crippen molar-refractivity contribution in [2.45, 2.75) is 32.5 Å². The van der Waals surface area contributed by atoms with Gasteiger partial charge in [-0.25, -0.2) is 13.6 Å². The minimum absolute atomic E-state index is 0.0116. The molecule has 0 fully saturated rings. The lowest BCUT2D eigenvalue weighted by Crippen LogP contribution is -2.44. The Kier molecular flexibility index (Phi) is 6.94. The second-order valence-corrected chi connectivity index (χ2v) is 6.80. The molecule has 0 N–H and O–H groups in total. The second kappa shape index (κ2) is 8.99. The zero-order valence-electron chi connectivity index (χ0n) is 15.6. The normalized spacial score (nSPS) is 12.3. The Morgan fingerprint density at radius 3 is 2.43 bits per heavy atom. The number of hydrogen-bond donors (Lipinski definition) is 0. The predicted octanol–water partition coefficient (Wildman–Crippen LogP) is 3.03. The highest BCUT2D eigenvalue weighted by Crippen LogP contribution is 2.34. The smallest absolute Gasteiger partial charge is 0.332 e. The number of amides is 1. The molecular weight excluding hydrogens is 364 g/mol. The lowest BCUT2D eigenvalue weighted by molar-refractivity contribution is -0.180. The van der Waals surface area contributed by atoms with Crippen molar-refractivity contribution in [3.05, 3.63) is 65.5 Å². The van der Waals surface area contributed by atoms with Crippen molar-refractivity contribution in [1.29, 1.82) is 0 Å². The monoisotopic (exact) mass is 382 g/mol. The first kappa shape index (κ1) is 21.6. The third-order valence-corrected chi connectivity index (χ3v) is 4.30. The van der Waals surface area contributed by atoms with E-state index in [-0.39, 0.29) is 24.0 Å². The minimum atomic E-state index is -1.20. The summed E-state index contributed by atoms with van der Waals surface area (Å²) in [6, 6.07) is 5.76. The highest BCUT2D eigenvalue weighted by molar-refractivity contribution is 6.21. The van der Waals surface area contributed by atoms with Gasteiger partial charge < -0.3 is 4.84 Å². The average molecular weight is 382 g/mol. The fourth-order valence-corrected chi connectivity index (χ4v) is 2.42. The highest BCUT2D eigenvalue weighted by Gasteiger charge is 2.38. The maximum Gasteiger partial charge on any atom is 0.364 e. The summed E-state index contributed by atoms with van der Waals surface area (Å²) >= 11 is 0. The molecule has 2 rings (SSSR count). The van der Waals surface area contributed by atoms with Crippen LogP contribution in [-0.2, 0) is 16.2 Å². The Morgan fingerprint density at radius 1 is 1.25 bits per heavy atom. The number of aromatic nitrogens is 1. The third kappa shape index (κ3) is 5.18. The summed E-state index contributed by atoms with van der Waals surface area (Å²) in [6.45, 7) is 2.72. The Balaban J connectivity index is 2.34. The zero-order chi connectivity index (χ0) is 20.9. The van der Waals surface area contributed by atoms with Crippen LogP contribution in [0.2, 0.25) is 12.1 Å². The summed E-state index contributed by atoms with van der Waals surface area (Å²) in [5.74, 6) is -3.88. The molecule has 1 unspecified atom stereocenters. The Labute approximate surface area is 164 Å². The van der Waals surface area contributed by atoms with Crippen LogP contribution in [0.25, 0.3) is 0 Å². The highest BCUT2D eigenvalue weighted by atomic mass is 19.1. The molecule has 4 radical (unpaired) electrons. The van der Waals surface area contributed by atoms with Gasteiger partial charge in [-0.05, 0) is 29.8 Å². The van der Waals surface area contributed by atoms with E-state index in [0.29, 0.717) is 6.07 Å². The summed E-state index contributed by atoms with van der Waals surface area (Å²) in [4.78, 5) is 34.4. The summed E-state index contributed by atoms with van der Waals surface area (Å²) in [6.07, 6.45) is 2.75. The summed E-state index contributed by atoms with van der Waals surface area (Å²) in [5.41, 5.74) is -0.996. The molecule has 1 aromatic carbocycles. The molecule has 0 bridgehead atoms. The Morgan fingerprint density at radius 2 is 1.89 bits per heavy atom. The molecule has 1 heterocycles. The molecule has 1 amide bonds. The number of rotatable bonds is 6. The SMILES string of the molecule is [B]CC([B])C(C)(C)C(=O)N(Cc1cc(F)cc(F)c1)OC(=O)c1cccnc1.